The van der Waals surface area contributed by atoms with Crippen molar-refractivity contribution in [1.29, 1.82) is 0 Å². The van der Waals surface area contributed by atoms with Gasteiger partial charge in [-0.2, -0.15) is 0 Å². The predicted molar refractivity (Wildman–Crippen MR) is 94.4 cm³/mol. The van der Waals surface area contributed by atoms with Crippen LogP contribution in [0.1, 0.15) is 15.9 Å². The van der Waals surface area contributed by atoms with Crippen LogP contribution in [0.3, 0.4) is 0 Å². The van der Waals surface area contributed by atoms with Crippen LogP contribution in [0.2, 0.25) is 10.0 Å². The van der Waals surface area contributed by atoms with Crippen LogP contribution < -0.4 is 11.1 Å². The summed E-state index contributed by atoms with van der Waals surface area (Å²) in [5.74, 6) is -0.319. The molecule has 0 heterocycles. The molecule has 21 heavy (non-hydrogen) atoms. The van der Waals surface area contributed by atoms with E-state index in [2.05, 4.69) is 21.2 Å². The first kappa shape index (κ1) is 16.2. The number of amides is 1. The molecule has 0 bridgehead atoms. The molecule has 0 aliphatic heterocycles. The fourth-order valence-electron chi connectivity index (χ4n) is 1.64. The van der Waals surface area contributed by atoms with Gasteiger partial charge in [-0.05, 0) is 46.3 Å². The summed E-state index contributed by atoms with van der Waals surface area (Å²) in [6.45, 7) is 0. The van der Waals surface area contributed by atoms with Crippen molar-refractivity contribution in [2.75, 3.05) is 5.32 Å². The lowest BCUT2D eigenvalue weighted by atomic mass is 10.1. The third kappa shape index (κ3) is 3.95. The molecule has 7 heteroatoms. The van der Waals surface area contributed by atoms with Gasteiger partial charge in [0.1, 0.15) is 4.99 Å². The van der Waals surface area contributed by atoms with Gasteiger partial charge in [-0.1, -0.05) is 41.5 Å². The van der Waals surface area contributed by atoms with E-state index in [1.165, 1.54) is 0 Å². The van der Waals surface area contributed by atoms with Gasteiger partial charge in [0, 0.05) is 15.1 Å². The quantitative estimate of drug-likeness (QED) is 0.733. The summed E-state index contributed by atoms with van der Waals surface area (Å²) in [5.41, 5.74) is 7.07. The molecular weight excluding hydrogens is 395 g/mol. The third-order valence-electron chi connectivity index (χ3n) is 2.67. The number of thiocarbonyl (C=S) groups is 1. The molecule has 0 saturated carbocycles. The zero-order valence-electron chi connectivity index (χ0n) is 10.5. The van der Waals surface area contributed by atoms with E-state index < -0.39 is 0 Å². The topological polar surface area (TPSA) is 55.1 Å². The summed E-state index contributed by atoms with van der Waals surface area (Å²) >= 11 is 20.1. The van der Waals surface area contributed by atoms with E-state index in [1.54, 1.807) is 36.4 Å². The number of benzene rings is 2. The molecule has 1 amide bonds. The molecule has 2 aromatic rings. The Morgan fingerprint density at radius 2 is 1.90 bits per heavy atom. The largest absolute Gasteiger partial charge is 0.389 e. The van der Waals surface area contributed by atoms with Crippen molar-refractivity contribution >= 4 is 67.9 Å². The zero-order valence-corrected chi connectivity index (χ0v) is 14.4. The van der Waals surface area contributed by atoms with Crippen LogP contribution in [-0.2, 0) is 0 Å². The van der Waals surface area contributed by atoms with Gasteiger partial charge in [-0.3, -0.25) is 4.79 Å². The molecule has 3 N–H and O–H groups in total. The van der Waals surface area contributed by atoms with Crippen LogP contribution >= 0.6 is 51.3 Å². The Kier molecular flexibility index (Phi) is 5.22. The Morgan fingerprint density at radius 3 is 2.52 bits per heavy atom. The van der Waals surface area contributed by atoms with Crippen molar-refractivity contribution < 1.29 is 4.79 Å². The van der Waals surface area contributed by atoms with Crippen LogP contribution in [0.15, 0.2) is 40.9 Å². The third-order valence-corrected chi connectivity index (χ3v) is 4.13. The van der Waals surface area contributed by atoms with Gasteiger partial charge in [0.2, 0.25) is 0 Å². The van der Waals surface area contributed by atoms with E-state index in [4.69, 9.17) is 41.2 Å². The van der Waals surface area contributed by atoms with Crippen LogP contribution in [0.25, 0.3) is 0 Å². The minimum absolute atomic E-state index is 0.231. The maximum atomic E-state index is 12.3. The van der Waals surface area contributed by atoms with Crippen molar-refractivity contribution in [3.8, 4) is 0 Å². The van der Waals surface area contributed by atoms with Crippen molar-refractivity contribution in [2.24, 2.45) is 5.73 Å². The van der Waals surface area contributed by atoms with Crippen molar-refractivity contribution in [3.05, 3.63) is 62.0 Å². The highest BCUT2D eigenvalue weighted by molar-refractivity contribution is 9.10. The molecule has 2 aromatic carbocycles. The fraction of sp³-hybridized carbons (Fsp3) is 0. The summed E-state index contributed by atoms with van der Waals surface area (Å²) in [6, 6.07) is 9.85. The second-order valence-electron chi connectivity index (χ2n) is 4.14. The number of hydrogen-bond acceptors (Lipinski definition) is 2. The monoisotopic (exact) mass is 402 g/mol. The van der Waals surface area contributed by atoms with E-state index in [0.29, 0.717) is 31.3 Å². The van der Waals surface area contributed by atoms with Gasteiger partial charge in [0.15, 0.2) is 0 Å². The minimum atomic E-state index is -0.319. The van der Waals surface area contributed by atoms with Crippen molar-refractivity contribution in [1.82, 2.24) is 0 Å². The zero-order chi connectivity index (χ0) is 15.6. The van der Waals surface area contributed by atoms with Crippen molar-refractivity contribution in [3.63, 3.8) is 0 Å². The van der Waals surface area contributed by atoms with Gasteiger partial charge in [0.05, 0.1) is 16.3 Å². The summed E-state index contributed by atoms with van der Waals surface area (Å²) in [7, 11) is 0. The Labute approximate surface area is 145 Å². The lowest BCUT2D eigenvalue weighted by Gasteiger charge is -2.10. The first-order chi connectivity index (χ1) is 9.88. The molecule has 3 nitrogen and oxygen atoms in total. The lowest BCUT2D eigenvalue weighted by Crippen LogP contribution is -2.14. The number of halogens is 3. The average Bonchev–Trinajstić information content (AvgIpc) is 2.40. The molecule has 108 valence electrons. The van der Waals surface area contributed by atoms with E-state index in [1.807, 2.05) is 0 Å². The molecule has 0 aliphatic rings. The average molecular weight is 404 g/mol. The maximum absolute atomic E-state index is 12.3. The number of anilines is 1. The Morgan fingerprint density at radius 1 is 1.19 bits per heavy atom. The highest BCUT2D eigenvalue weighted by Gasteiger charge is 2.13. The molecule has 0 saturated heterocycles. The molecule has 0 spiro atoms. The smallest absolute Gasteiger partial charge is 0.256 e. The lowest BCUT2D eigenvalue weighted by molar-refractivity contribution is 0.102. The molecule has 0 fully saturated rings. The van der Waals surface area contributed by atoms with Gasteiger partial charge < -0.3 is 11.1 Å². The molecule has 2 rings (SSSR count). The summed E-state index contributed by atoms with van der Waals surface area (Å²) in [6.07, 6.45) is 0. The van der Waals surface area contributed by atoms with E-state index in [9.17, 15) is 4.79 Å². The number of rotatable bonds is 3. The number of nitrogens with two attached hydrogens (primary N) is 1. The first-order valence-corrected chi connectivity index (χ1v) is 7.70. The SMILES string of the molecule is NC(=S)c1ccc(Cl)c(NC(=O)c2ccc(Cl)cc2Br)c1. The first-order valence-electron chi connectivity index (χ1n) is 5.74. The standard InChI is InChI=1S/C14H9BrCl2N2OS/c15-10-6-8(16)2-3-9(10)14(20)19-12-5-7(13(18)21)1-4-11(12)17/h1-6H,(H2,18,21)(H,19,20). The predicted octanol–water partition coefficient (Wildman–Crippen LogP) is 4.64. The Balaban J connectivity index is 2.31. The maximum Gasteiger partial charge on any atom is 0.256 e. The van der Waals surface area contributed by atoms with Gasteiger partial charge >= 0.3 is 0 Å². The minimum Gasteiger partial charge on any atom is -0.389 e. The summed E-state index contributed by atoms with van der Waals surface area (Å²) in [5, 5.41) is 3.65. The number of carbonyl (C=O) groups excluding carboxylic acids is 1. The van der Waals surface area contributed by atoms with Gasteiger partial charge in [-0.15, -0.1) is 0 Å². The highest BCUT2D eigenvalue weighted by Crippen LogP contribution is 2.26. The number of nitrogens with one attached hydrogen (secondary N) is 1. The van der Waals surface area contributed by atoms with Crippen LogP contribution in [0.4, 0.5) is 5.69 Å². The number of hydrogen-bond donors (Lipinski definition) is 2. The second kappa shape index (κ2) is 6.75. The molecular formula is C14H9BrCl2N2OS. The molecule has 0 radical (unpaired) electrons. The van der Waals surface area contributed by atoms with Gasteiger partial charge in [-0.25, -0.2) is 0 Å². The van der Waals surface area contributed by atoms with Gasteiger partial charge in [0.25, 0.3) is 5.91 Å². The molecule has 0 aliphatic carbocycles. The Bertz CT molecular complexity index is 737. The van der Waals surface area contributed by atoms with E-state index >= 15 is 0 Å². The highest BCUT2D eigenvalue weighted by atomic mass is 79.9. The number of carbonyl (C=O) groups is 1. The van der Waals surface area contributed by atoms with Crippen molar-refractivity contribution in [2.45, 2.75) is 0 Å². The summed E-state index contributed by atoms with van der Waals surface area (Å²) < 4.78 is 0.592. The van der Waals surface area contributed by atoms with Crippen LogP contribution in [0.5, 0.6) is 0 Å². The van der Waals surface area contributed by atoms with Crippen LogP contribution in [0, 0.1) is 0 Å². The molecule has 0 unspecified atom stereocenters. The second-order valence-corrected chi connectivity index (χ2v) is 6.27. The summed E-state index contributed by atoms with van der Waals surface area (Å²) in [4.78, 5) is 12.5. The van der Waals surface area contributed by atoms with Crippen LogP contribution in [-0.4, -0.2) is 10.9 Å². The normalized spacial score (nSPS) is 10.2. The molecule has 0 atom stereocenters. The molecule has 0 aromatic heterocycles. The Hall–Kier alpha value is -1.14. The van der Waals surface area contributed by atoms with E-state index in [-0.39, 0.29) is 10.9 Å². The fourth-order valence-corrected chi connectivity index (χ4v) is 2.79. The van der Waals surface area contributed by atoms with E-state index in [0.717, 1.165) is 0 Å².